The fraction of sp³-hybridized carbons (Fsp3) is 0.406. The van der Waals surface area contributed by atoms with Crippen molar-refractivity contribution in [2.45, 2.75) is 71.1 Å². The third-order valence-electron chi connectivity index (χ3n) is 6.11. The summed E-state index contributed by atoms with van der Waals surface area (Å²) in [5.41, 5.74) is 3.19. The number of allylic oxidation sites excluding steroid dienone is 1. The average molecular weight is 472 g/mol. The van der Waals surface area contributed by atoms with Crippen molar-refractivity contribution in [3.05, 3.63) is 78.5 Å². The van der Waals surface area contributed by atoms with E-state index in [1.807, 2.05) is 36.5 Å². The lowest BCUT2D eigenvalue weighted by molar-refractivity contribution is 0.304. The number of nitrogens with zero attached hydrogens (tertiary/aromatic N) is 1. The lowest BCUT2D eigenvalue weighted by Crippen LogP contribution is -1.97. The highest BCUT2D eigenvalue weighted by Gasteiger charge is 2.01. The molecule has 1 heterocycles. The highest BCUT2D eigenvalue weighted by Crippen LogP contribution is 2.22. The molecular formula is C32H41NO2. The summed E-state index contributed by atoms with van der Waals surface area (Å²) in [4.78, 5) is 4.65. The van der Waals surface area contributed by atoms with Crippen LogP contribution in [0.4, 0.5) is 0 Å². The third-order valence-corrected chi connectivity index (χ3v) is 6.11. The molecular weight excluding hydrogens is 430 g/mol. The Balaban J connectivity index is 1.42. The van der Waals surface area contributed by atoms with E-state index in [0.717, 1.165) is 72.4 Å². The Kier molecular flexibility index (Phi) is 11.9. The highest BCUT2D eigenvalue weighted by atomic mass is 16.5. The van der Waals surface area contributed by atoms with Crippen LogP contribution in [0.3, 0.4) is 0 Å². The Morgan fingerprint density at radius 1 is 0.714 bits per heavy atom. The first-order chi connectivity index (χ1) is 17.3. The molecule has 0 aliphatic carbocycles. The molecule has 186 valence electrons. The number of benzene rings is 2. The number of rotatable bonds is 17. The van der Waals surface area contributed by atoms with Crippen molar-refractivity contribution in [1.82, 2.24) is 4.98 Å². The molecule has 35 heavy (non-hydrogen) atoms. The molecule has 0 saturated carbocycles. The summed E-state index contributed by atoms with van der Waals surface area (Å²) in [6, 6.07) is 16.6. The highest BCUT2D eigenvalue weighted by molar-refractivity contribution is 5.83. The predicted octanol–water partition coefficient (Wildman–Crippen LogP) is 9.27. The van der Waals surface area contributed by atoms with Gasteiger partial charge < -0.3 is 9.47 Å². The van der Waals surface area contributed by atoms with Crippen molar-refractivity contribution in [3.63, 3.8) is 0 Å². The summed E-state index contributed by atoms with van der Waals surface area (Å²) in [6.45, 7) is 7.49. The molecule has 3 heteroatoms. The molecule has 0 aliphatic heterocycles. The van der Waals surface area contributed by atoms with Crippen molar-refractivity contribution in [2.24, 2.45) is 0 Å². The SMILES string of the molecule is C=CCCCCCCCCCOc1ccc2cc(/C=C/c3ccc(OCCCC)cc3)cnc2c1. The first-order valence-electron chi connectivity index (χ1n) is 13.3. The largest absolute Gasteiger partial charge is 0.494 e. The second kappa shape index (κ2) is 15.8. The molecule has 3 nitrogen and oxygen atoms in total. The smallest absolute Gasteiger partial charge is 0.121 e. The summed E-state index contributed by atoms with van der Waals surface area (Å²) in [5, 5.41) is 1.12. The number of hydrogen-bond acceptors (Lipinski definition) is 3. The number of pyridine rings is 1. The van der Waals surface area contributed by atoms with Gasteiger partial charge in [-0.3, -0.25) is 4.98 Å². The van der Waals surface area contributed by atoms with Gasteiger partial charge in [0.15, 0.2) is 0 Å². The molecule has 0 atom stereocenters. The first kappa shape index (κ1) is 26.5. The molecule has 3 rings (SSSR count). The summed E-state index contributed by atoms with van der Waals surface area (Å²) >= 11 is 0. The van der Waals surface area contributed by atoms with Crippen LogP contribution in [0.25, 0.3) is 23.1 Å². The topological polar surface area (TPSA) is 31.4 Å². The van der Waals surface area contributed by atoms with Crippen LogP contribution < -0.4 is 9.47 Å². The van der Waals surface area contributed by atoms with Crippen molar-refractivity contribution >= 4 is 23.1 Å². The molecule has 0 N–H and O–H groups in total. The average Bonchev–Trinajstić information content (AvgIpc) is 2.89. The zero-order valence-corrected chi connectivity index (χ0v) is 21.4. The molecule has 0 aliphatic rings. The summed E-state index contributed by atoms with van der Waals surface area (Å²) in [6.07, 6.45) is 20.4. The number of hydrogen-bond donors (Lipinski definition) is 0. The molecule has 0 amide bonds. The number of ether oxygens (including phenoxy) is 2. The maximum absolute atomic E-state index is 5.97. The summed E-state index contributed by atoms with van der Waals surface area (Å²) in [5.74, 6) is 1.83. The molecule has 0 radical (unpaired) electrons. The minimum atomic E-state index is 0.769. The van der Waals surface area contributed by atoms with Crippen LogP contribution in [-0.4, -0.2) is 18.2 Å². The van der Waals surface area contributed by atoms with E-state index >= 15 is 0 Å². The zero-order valence-electron chi connectivity index (χ0n) is 21.4. The van der Waals surface area contributed by atoms with Gasteiger partial charge in [-0.25, -0.2) is 0 Å². The maximum atomic E-state index is 5.97. The van der Waals surface area contributed by atoms with Gasteiger partial charge in [0.25, 0.3) is 0 Å². The van der Waals surface area contributed by atoms with Crippen LogP contribution in [0.5, 0.6) is 11.5 Å². The minimum absolute atomic E-state index is 0.769. The van der Waals surface area contributed by atoms with Gasteiger partial charge in [-0.05, 0) is 67.1 Å². The van der Waals surface area contributed by atoms with Gasteiger partial charge in [0.2, 0.25) is 0 Å². The van der Waals surface area contributed by atoms with Crippen LogP contribution >= 0.6 is 0 Å². The van der Waals surface area contributed by atoms with Gasteiger partial charge in [-0.2, -0.15) is 0 Å². The predicted molar refractivity (Wildman–Crippen MR) is 150 cm³/mol. The molecule has 0 unspecified atom stereocenters. The number of unbranched alkanes of at least 4 members (excludes halogenated alkanes) is 8. The Bertz CT molecular complexity index is 1040. The Labute approximate surface area is 211 Å². The van der Waals surface area contributed by atoms with E-state index in [2.05, 4.69) is 54.9 Å². The minimum Gasteiger partial charge on any atom is -0.494 e. The van der Waals surface area contributed by atoms with Gasteiger partial charge in [0, 0.05) is 17.6 Å². The van der Waals surface area contributed by atoms with Crippen molar-refractivity contribution in [2.75, 3.05) is 13.2 Å². The van der Waals surface area contributed by atoms with Gasteiger partial charge in [0.1, 0.15) is 11.5 Å². The summed E-state index contributed by atoms with van der Waals surface area (Å²) in [7, 11) is 0. The van der Waals surface area contributed by atoms with E-state index in [1.165, 1.54) is 38.5 Å². The standard InChI is InChI=1S/C32H41NO2/c1-3-5-7-8-9-10-11-12-13-23-35-31-21-18-29-24-28(26-33-32(29)25-31)15-14-27-16-19-30(20-17-27)34-22-6-4-2/h3,14-21,24-26H,1,4-13,22-23H2,2H3/b15-14+. The van der Waals surface area contributed by atoms with Crippen LogP contribution in [0, 0.1) is 0 Å². The second-order valence-corrected chi connectivity index (χ2v) is 9.13. The zero-order chi connectivity index (χ0) is 24.6. The van der Waals surface area contributed by atoms with Gasteiger partial charge in [0.05, 0.1) is 18.7 Å². The fourth-order valence-electron chi connectivity index (χ4n) is 3.97. The Morgan fingerprint density at radius 3 is 2.14 bits per heavy atom. The normalized spacial score (nSPS) is 11.2. The molecule has 0 bridgehead atoms. The van der Waals surface area contributed by atoms with E-state index in [9.17, 15) is 0 Å². The summed E-state index contributed by atoms with van der Waals surface area (Å²) < 4.78 is 11.7. The van der Waals surface area contributed by atoms with E-state index in [1.54, 1.807) is 0 Å². The molecule has 2 aromatic carbocycles. The molecule has 0 fully saturated rings. The van der Waals surface area contributed by atoms with Gasteiger partial charge in [-0.15, -0.1) is 6.58 Å². The molecule has 0 spiro atoms. The van der Waals surface area contributed by atoms with Crippen molar-refractivity contribution in [3.8, 4) is 11.5 Å². The quantitative estimate of drug-likeness (QED) is 0.145. The van der Waals surface area contributed by atoms with Crippen LogP contribution in [0.15, 0.2) is 67.4 Å². The number of fused-ring (bicyclic) bond motifs is 1. The van der Waals surface area contributed by atoms with E-state index in [4.69, 9.17) is 9.47 Å². The lowest BCUT2D eigenvalue weighted by Gasteiger charge is -2.08. The fourth-order valence-corrected chi connectivity index (χ4v) is 3.97. The monoisotopic (exact) mass is 471 g/mol. The Hall–Kier alpha value is -3.07. The molecule has 3 aromatic rings. The van der Waals surface area contributed by atoms with E-state index in [0.29, 0.717) is 0 Å². The van der Waals surface area contributed by atoms with Crippen molar-refractivity contribution in [1.29, 1.82) is 0 Å². The Morgan fingerprint density at radius 2 is 1.37 bits per heavy atom. The second-order valence-electron chi connectivity index (χ2n) is 9.13. The lowest BCUT2D eigenvalue weighted by atomic mass is 10.1. The third kappa shape index (κ3) is 9.98. The van der Waals surface area contributed by atoms with Crippen LogP contribution in [0.2, 0.25) is 0 Å². The van der Waals surface area contributed by atoms with E-state index < -0.39 is 0 Å². The van der Waals surface area contributed by atoms with Gasteiger partial charge >= 0.3 is 0 Å². The number of aromatic nitrogens is 1. The first-order valence-corrected chi connectivity index (χ1v) is 13.3. The van der Waals surface area contributed by atoms with Gasteiger partial charge in [-0.1, -0.05) is 75.8 Å². The van der Waals surface area contributed by atoms with Crippen molar-refractivity contribution < 1.29 is 9.47 Å². The van der Waals surface area contributed by atoms with E-state index in [-0.39, 0.29) is 0 Å². The molecule has 0 saturated heterocycles. The van der Waals surface area contributed by atoms with Crippen LogP contribution in [-0.2, 0) is 0 Å². The maximum Gasteiger partial charge on any atom is 0.121 e. The molecule has 1 aromatic heterocycles. The van der Waals surface area contributed by atoms with Crippen LogP contribution in [0.1, 0.15) is 82.3 Å².